The highest BCUT2D eigenvalue weighted by Crippen LogP contribution is 2.32. The van der Waals surface area contributed by atoms with Crippen molar-refractivity contribution < 1.29 is 28.3 Å². The smallest absolute Gasteiger partial charge is 0.294 e. The van der Waals surface area contributed by atoms with Gasteiger partial charge in [0.15, 0.2) is 11.5 Å². The van der Waals surface area contributed by atoms with Crippen LogP contribution in [0.1, 0.15) is 28.9 Å². The molecular formula is C23H29N5O6. The predicted molar refractivity (Wildman–Crippen MR) is 124 cm³/mol. The second-order valence-corrected chi connectivity index (χ2v) is 7.73. The number of carbonyl (C=O) groups is 2. The number of nitrogens with zero attached hydrogens (tertiary/aromatic N) is 3. The SMILES string of the molecule is COC[C@H](C)NC(=O)Cn1nc(C)c(NC(=O)c2cc(-c3ccc(OC)c(OC)c3)no2)c1C. The number of methoxy groups -OCH3 is 3. The Balaban J connectivity index is 1.72. The molecule has 1 aromatic carbocycles. The normalized spacial score (nSPS) is 11.7. The summed E-state index contributed by atoms with van der Waals surface area (Å²) in [6, 6.07) is 6.69. The van der Waals surface area contributed by atoms with E-state index < -0.39 is 5.91 Å². The van der Waals surface area contributed by atoms with Gasteiger partial charge in [-0.15, -0.1) is 0 Å². The van der Waals surface area contributed by atoms with Gasteiger partial charge in [-0.2, -0.15) is 5.10 Å². The summed E-state index contributed by atoms with van der Waals surface area (Å²) in [6.07, 6.45) is 0. The Morgan fingerprint density at radius 3 is 2.53 bits per heavy atom. The van der Waals surface area contributed by atoms with Crippen LogP contribution in [-0.4, -0.2) is 60.7 Å². The van der Waals surface area contributed by atoms with E-state index in [1.807, 2.05) is 6.92 Å². The lowest BCUT2D eigenvalue weighted by molar-refractivity contribution is -0.122. The average Bonchev–Trinajstić information content (AvgIpc) is 3.40. The van der Waals surface area contributed by atoms with Gasteiger partial charge in [-0.3, -0.25) is 14.3 Å². The number of carbonyl (C=O) groups excluding carboxylic acids is 2. The number of hydrogen-bond acceptors (Lipinski definition) is 8. The summed E-state index contributed by atoms with van der Waals surface area (Å²) in [6.45, 7) is 5.80. The van der Waals surface area contributed by atoms with Gasteiger partial charge in [0.1, 0.15) is 12.2 Å². The van der Waals surface area contributed by atoms with Gasteiger partial charge >= 0.3 is 0 Å². The third-order valence-electron chi connectivity index (χ3n) is 5.15. The minimum atomic E-state index is -0.483. The van der Waals surface area contributed by atoms with Crippen LogP contribution in [0.25, 0.3) is 11.3 Å². The Morgan fingerprint density at radius 2 is 1.85 bits per heavy atom. The van der Waals surface area contributed by atoms with Crippen LogP contribution in [0.5, 0.6) is 11.5 Å². The molecule has 0 aliphatic carbocycles. The number of rotatable bonds is 10. The molecule has 0 saturated heterocycles. The maximum atomic E-state index is 12.8. The number of nitrogens with one attached hydrogen (secondary N) is 2. The maximum Gasteiger partial charge on any atom is 0.294 e. The van der Waals surface area contributed by atoms with E-state index >= 15 is 0 Å². The summed E-state index contributed by atoms with van der Waals surface area (Å²) in [4.78, 5) is 25.1. The summed E-state index contributed by atoms with van der Waals surface area (Å²) in [7, 11) is 4.67. The number of benzene rings is 1. The number of aryl methyl sites for hydroxylation is 1. The van der Waals surface area contributed by atoms with Gasteiger partial charge in [0.05, 0.1) is 37.9 Å². The van der Waals surface area contributed by atoms with Crippen LogP contribution in [0.15, 0.2) is 28.8 Å². The molecule has 2 aromatic heterocycles. The van der Waals surface area contributed by atoms with Crippen molar-refractivity contribution in [3.8, 4) is 22.8 Å². The molecule has 2 amide bonds. The van der Waals surface area contributed by atoms with E-state index in [0.29, 0.717) is 46.4 Å². The lowest BCUT2D eigenvalue weighted by Gasteiger charge is -2.13. The van der Waals surface area contributed by atoms with E-state index in [9.17, 15) is 9.59 Å². The first kappa shape index (κ1) is 24.8. The van der Waals surface area contributed by atoms with Crippen LogP contribution in [0.3, 0.4) is 0 Å². The molecule has 0 radical (unpaired) electrons. The standard InChI is InChI=1S/C23H29N5O6/c1-13(12-31-4)24-21(29)11-28-15(3)22(14(2)26-28)25-23(30)20-10-17(27-34-20)16-7-8-18(32-5)19(9-16)33-6/h7-10,13H,11-12H2,1-6H3,(H,24,29)(H,25,30)/t13-/m0/s1. The fourth-order valence-corrected chi connectivity index (χ4v) is 3.47. The highest BCUT2D eigenvalue weighted by atomic mass is 16.5. The van der Waals surface area contributed by atoms with E-state index in [4.69, 9.17) is 18.7 Å². The second-order valence-electron chi connectivity index (χ2n) is 7.73. The molecule has 0 bridgehead atoms. The molecule has 0 unspecified atom stereocenters. The van der Waals surface area contributed by atoms with Gasteiger partial charge in [-0.25, -0.2) is 0 Å². The molecule has 34 heavy (non-hydrogen) atoms. The van der Waals surface area contributed by atoms with E-state index in [-0.39, 0.29) is 24.3 Å². The fourth-order valence-electron chi connectivity index (χ4n) is 3.47. The van der Waals surface area contributed by atoms with Crippen molar-refractivity contribution in [2.45, 2.75) is 33.4 Å². The minimum absolute atomic E-state index is 0.0162. The molecule has 3 aromatic rings. The van der Waals surface area contributed by atoms with E-state index in [1.54, 1.807) is 46.3 Å². The number of hydrogen-bond donors (Lipinski definition) is 2. The van der Waals surface area contributed by atoms with Crippen molar-refractivity contribution in [3.63, 3.8) is 0 Å². The van der Waals surface area contributed by atoms with Gasteiger partial charge in [0.25, 0.3) is 5.91 Å². The Hall–Kier alpha value is -3.86. The monoisotopic (exact) mass is 471 g/mol. The van der Waals surface area contributed by atoms with Crippen molar-refractivity contribution >= 4 is 17.5 Å². The third-order valence-corrected chi connectivity index (χ3v) is 5.15. The summed E-state index contributed by atoms with van der Waals surface area (Å²) in [5.74, 6) is 0.458. The predicted octanol–water partition coefficient (Wildman–Crippen LogP) is 2.58. The molecule has 0 spiro atoms. The number of anilines is 1. The lowest BCUT2D eigenvalue weighted by Crippen LogP contribution is -2.38. The van der Waals surface area contributed by atoms with Crippen LogP contribution >= 0.6 is 0 Å². The first-order chi connectivity index (χ1) is 16.3. The van der Waals surface area contributed by atoms with Gasteiger partial charge in [0.2, 0.25) is 11.7 Å². The Labute approximate surface area is 197 Å². The topological polar surface area (TPSA) is 130 Å². The van der Waals surface area contributed by atoms with E-state index in [2.05, 4.69) is 20.9 Å². The Morgan fingerprint density at radius 1 is 1.12 bits per heavy atom. The van der Waals surface area contributed by atoms with Gasteiger partial charge < -0.3 is 29.4 Å². The van der Waals surface area contributed by atoms with Crippen molar-refractivity contribution in [2.75, 3.05) is 33.3 Å². The molecular weight excluding hydrogens is 442 g/mol. The van der Waals surface area contributed by atoms with Crippen molar-refractivity contribution in [2.24, 2.45) is 0 Å². The summed E-state index contributed by atoms with van der Waals surface area (Å²) in [5, 5.41) is 14.0. The first-order valence-corrected chi connectivity index (χ1v) is 10.6. The lowest BCUT2D eigenvalue weighted by atomic mass is 10.1. The number of amides is 2. The van der Waals surface area contributed by atoms with E-state index in [0.717, 1.165) is 0 Å². The first-order valence-electron chi connectivity index (χ1n) is 10.6. The summed E-state index contributed by atoms with van der Waals surface area (Å²) in [5.41, 5.74) is 2.89. The Bertz CT molecular complexity index is 1170. The minimum Gasteiger partial charge on any atom is -0.493 e. The molecule has 0 fully saturated rings. The quantitative estimate of drug-likeness (QED) is 0.462. The van der Waals surface area contributed by atoms with Crippen molar-refractivity contribution in [1.82, 2.24) is 20.3 Å². The van der Waals surface area contributed by atoms with Gasteiger partial charge in [-0.1, -0.05) is 5.16 Å². The van der Waals surface area contributed by atoms with Gasteiger partial charge in [0, 0.05) is 24.8 Å². The molecule has 0 aliphatic heterocycles. The maximum absolute atomic E-state index is 12.8. The summed E-state index contributed by atoms with van der Waals surface area (Å²) >= 11 is 0. The van der Waals surface area contributed by atoms with Crippen LogP contribution in [0, 0.1) is 13.8 Å². The number of ether oxygens (including phenoxy) is 3. The fraction of sp³-hybridized carbons (Fsp3) is 0.391. The Kier molecular flexibility index (Phi) is 7.90. The second kappa shape index (κ2) is 10.8. The van der Waals surface area contributed by atoms with Gasteiger partial charge in [-0.05, 0) is 39.0 Å². The molecule has 11 heteroatoms. The largest absolute Gasteiger partial charge is 0.493 e. The molecule has 0 saturated carbocycles. The molecule has 1 atom stereocenters. The molecule has 11 nitrogen and oxygen atoms in total. The van der Waals surface area contributed by atoms with Crippen molar-refractivity contribution in [3.05, 3.63) is 41.4 Å². The van der Waals surface area contributed by atoms with Crippen LogP contribution in [0.2, 0.25) is 0 Å². The molecule has 2 heterocycles. The highest BCUT2D eigenvalue weighted by molar-refractivity contribution is 6.03. The molecule has 182 valence electrons. The van der Waals surface area contributed by atoms with Crippen LogP contribution in [0.4, 0.5) is 5.69 Å². The highest BCUT2D eigenvalue weighted by Gasteiger charge is 2.20. The van der Waals surface area contributed by atoms with Crippen LogP contribution < -0.4 is 20.1 Å². The van der Waals surface area contributed by atoms with Crippen LogP contribution in [-0.2, 0) is 16.1 Å². The number of aromatic nitrogens is 3. The zero-order chi connectivity index (χ0) is 24.8. The zero-order valence-corrected chi connectivity index (χ0v) is 20.1. The van der Waals surface area contributed by atoms with Crippen molar-refractivity contribution in [1.29, 1.82) is 0 Å². The molecule has 0 aliphatic rings. The molecule has 3 rings (SSSR count). The third kappa shape index (κ3) is 5.54. The molecule has 2 N–H and O–H groups in total. The zero-order valence-electron chi connectivity index (χ0n) is 20.1. The average molecular weight is 472 g/mol. The van der Waals surface area contributed by atoms with E-state index in [1.165, 1.54) is 17.9 Å². The summed E-state index contributed by atoms with van der Waals surface area (Å²) < 4.78 is 22.4.